The van der Waals surface area contributed by atoms with Crippen LogP contribution in [0.1, 0.15) is 24.4 Å². The van der Waals surface area contributed by atoms with Crippen LogP contribution >= 0.6 is 11.6 Å². The van der Waals surface area contributed by atoms with Crippen LogP contribution in [0.3, 0.4) is 0 Å². The van der Waals surface area contributed by atoms with E-state index >= 15 is 0 Å². The molecule has 4 nitrogen and oxygen atoms in total. The molecule has 0 unspecified atom stereocenters. The van der Waals surface area contributed by atoms with Crippen molar-refractivity contribution in [2.75, 3.05) is 0 Å². The summed E-state index contributed by atoms with van der Waals surface area (Å²) in [5.41, 5.74) is 0.955. The standard InChI is InChI=1S/C11H12ClN3O/c1-8(16)11-13-7-14-15(11)6-9-4-2-3-5-10(9)12/h2-5,7-8,16H,6H2,1H3/t8-/m0/s1. The molecule has 1 aromatic carbocycles. The van der Waals surface area contributed by atoms with Crippen molar-refractivity contribution in [3.8, 4) is 0 Å². The summed E-state index contributed by atoms with van der Waals surface area (Å²) in [6.45, 7) is 2.17. The first kappa shape index (κ1) is 11.1. The monoisotopic (exact) mass is 237 g/mol. The van der Waals surface area contributed by atoms with Crippen LogP contribution in [0, 0.1) is 0 Å². The number of halogens is 1. The Labute approximate surface area is 98.5 Å². The number of hydrogen-bond donors (Lipinski definition) is 1. The molecule has 1 N–H and O–H groups in total. The number of hydrogen-bond acceptors (Lipinski definition) is 3. The third kappa shape index (κ3) is 2.23. The van der Waals surface area contributed by atoms with E-state index in [4.69, 9.17) is 11.6 Å². The third-order valence-corrected chi connectivity index (χ3v) is 2.67. The van der Waals surface area contributed by atoms with Gasteiger partial charge >= 0.3 is 0 Å². The van der Waals surface area contributed by atoms with Gasteiger partial charge in [0.15, 0.2) is 5.82 Å². The Balaban J connectivity index is 2.27. The second kappa shape index (κ2) is 4.63. The van der Waals surface area contributed by atoms with E-state index < -0.39 is 6.10 Å². The lowest BCUT2D eigenvalue weighted by Gasteiger charge is -2.08. The average molecular weight is 238 g/mol. The Morgan fingerprint density at radius 3 is 2.88 bits per heavy atom. The third-order valence-electron chi connectivity index (χ3n) is 2.30. The molecule has 1 heterocycles. The van der Waals surface area contributed by atoms with Gasteiger partial charge in [-0.15, -0.1) is 0 Å². The van der Waals surface area contributed by atoms with Gasteiger partial charge in [0.1, 0.15) is 12.4 Å². The normalized spacial score (nSPS) is 12.7. The summed E-state index contributed by atoms with van der Waals surface area (Å²) in [5, 5.41) is 14.2. The van der Waals surface area contributed by atoms with Gasteiger partial charge in [-0.3, -0.25) is 0 Å². The van der Waals surface area contributed by atoms with Crippen molar-refractivity contribution >= 4 is 11.6 Å². The Hall–Kier alpha value is -1.39. The summed E-state index contributed by atoms with van der Waals surface area (Å²) < 4.78 is 1.64. The first-order chi connectivity index (χ1) is 7.68. The Bertz CT molecular complexity index is 482. The molecule has 0 spiro atoms. The zero-order valence-electron chi connectivity index (χ0n) is 8.84. The number of aliphatic hydroxyl groups excluding tert-OH is 1. The smallest absolute Gasteiger partial charge is 0.155 e. The number of rotatable bonds is 3. The van der Waals surface area contributed by atoms with Crippen LogP contribution in [0.5, 0.6) is 0 Å². The number of benzene rings is 1. The van der Waals surface area contributed by atoms with Crippen LogP contribution in [0.25, 0.3) is 0 Å². The summed E-state index contributed by atoms with van der Waals surface area (Å²) in [6, 6.07) is 7.55. The highest BCUT2D eigenvalue weighted by Gasteiger charge is 2.11. The molecule has 0 saturated heterocycles. The first-order valence-corrected chi connectivity index (χ1v) is 5.35. The molecule has 84 valence electrons. The van der Waals surface area contributed by atoms with Crippen LogP contribution in [0.15, 0.2) is 30.6 Å². The van der Waals surface area contributed by atoms with Crippen LogP contribution in [-0.4, -0.2) is 19.9 Å². The van der Waals surface area contributed by atoms with Crippen molar-refractivity contribution in [1.29, 1.82) is 0 Å². The molecular formula is C11H12ClN3O. The molecule has 1 atom stereocenters. The summed E-state index contributed by atoms with van der Waals surface area (Å²) >= 11 is 6.05. The Morgan fingerprint density at radius 1 is 1.44 bits per heavy atom. The lowest BCUT2D eigenvalue weighted by Crippen LogP contribution is -2.09. The van der Waals surface area contributed by atoms with Crippen molar-refractivity contribution in [3.63, 3.8) is 0 Å². The molecule has 5 heteroatoms. The lowest BCUT2D eigenvalue weighted by atomic mass is 10.2. The zero-order valence-corrected chi connectivity index (χ0v) is 9.59. The summed E-state index contributed by atoms with van der Waals surface area (Å²) in [7, 11) is 0. The second-order valence-electron chi connectivity index (χ2n) is 3.54. The molecular weight excluding hydrogens is 226 g/mol. The number of aromatic nitrogens is 3. The van der Waals surface area contributed by atoms with Gasteiger partial charge in [0.05, 0.1) is 6.54 Å². The van der Waals surface area contributed by atoms with Crippen molar-refractivity contribution in [3.05, 3.63) is 47.0 Å². The highest BCUT2D eigenvalue weighted by molar-refractivity contribution is 6.31. The van der Waals surface area contributed by atoms with Gasteiger partial charge in [0.2, 0.25) is 0 Å². The fourth-order valence-electron chi connectivity index (χ4n) is 1.51. The molecule has 0 aliphatic heterocycles. The quantitative estimate of drug-likeness (QED) is 0.889. The Morgan fingerprint density at radius 2 is 2.19 bits per heavy atom. The van der Waals surface area contributed by atoms with Gasteiger partial charge in [0, 0.05) is 5.02 Å². The molecule has 0 radical (unpaired) electrons. The van der Waals surface area contributed by atoms with E-state index in [0.717, 1.165) is 5.56 Å². The highest BCUT2D eigenvalue weighted by atomic mass is 35.5. The van der Waals surface area contributed by atoms with E-state index in [-0.39, 0.29) is 0 Å². The molecule has 0 aliphatic carbocycles. The van der Waals surface area contributed by atoms with E-state index in [1.54, 1.807) is 11.6 Å². The summed E-state index contributed by atoms with van der Waals surface area (Å²) in [5.74, 6) is 0.542. The van der Waals surface area contributed by atoms with E-state index in [0.29, 0.717) is 17.4 Å². The summed E-state index contributed by atoms with van der Waals surface area (Å²) in [6.07, 6.45) is 0.795. The maximum absolute atomic E-state index is 9.48. The van der Waals surface area contributed by atoms with Gasteiger partial charge in [-0.2, -0.15) is 5.10 Å². The predicted octanol–water partition coefficient (Wildman–Crippen LogP) is 2.03. The second-order valence-corrected chi connectivity index (χ2v) is 3.95. The van der Waals surface area contributed by atoms with Gasteiger partial charge in [-0.25, -0.2) is 9.67 Å². The van der Waals surface area contributed by atoms with Crippen molar-refractivity contribution in [2.24, 2.45) is 0 Å². The maximum Gasteiger partial charge on any atom is 0.155 e. The molecule has 2 aromatic rings. The largest absolute Gasteiger partial charge is 0.385 e. The van der Waals surface area contributed by atoms with Gasteiger partial charge in [-0.1, -0.05) is 29.8 Å². The average Bonchev–Trinajstić information content (AvgIpc) is 2.69. The molecule has 0 aliphatic rings. The minimum Gasteiger partial charge on any atom is -0.385 e. The molecule has 0 amide bonds. The molecule has 16 heavy (non-hydrogen) atoms. The van der Waals surface area contributed by atoms with Crippen LogP contribution in [0.4, 0.5) is 0 Å². The zero-order chi connectivity index (χ0) is 11.5. The number of aliphatic hydroxyl groups is 1. The SMILES string of the molecule is C[C@H](O)c1ncnn1Cc1ccccc1Cl. The maximum atomic E-state index is 9.48. The lowest BCUT2D eigenvalue weighted by molar-refractivity contribution is 0.182. The van der Waals surface area contributed by atoms with E-state index in [1.807, 2.05) is 24.3 Å². The molecule has 0 fully saturated rings. The fraction of sp³-hybridized carbons (Fsp3) is 0.273. The fourth-order valence-corrected chi connectivity index (χ4v) is 1.70. The first-order valence-electron chi connectivity index (χ1n) is 4.97. The Kier molecular flexibility index (Phi) is 3.22. The van der Waals surface area contributed by atoms with Crippen LogP contribution in [-0.2, 0) is 6.54 Å². The van der Waals surface area contributed by atoms with Crippen molar-refractivity contribution in [1.82, 2.24) is 14.8 Å². The van der Waals surface area contributed by atoms with E-state index in [1.165, 1.54) is 6.33 Å². The van der Waals surface area contributed by atoms with Crippen LogP contribution < -0.4 is 0 Å². The van der Waals surface area contributed by atoms with Gasteiger partial charge in [0.25, 0.3) is 0 Å². The minimum atomic E-state index is -0.634. The predicted molar refractivity (Wildman–Crippen MR) is 61.2 cm³/mol. The van der Waals surface area contributed by atoms with Gasteiger partial charge in [-0.05, 0) is 18.6 Å². The van der Waals surface area contributed by atoms with Crippen molar-refractivity contribution < 1.29 is 5.11 Å². The van der Waals surface area contributed by atoms with Crippen molar-refractivity contribution in [2.45, 2.75) is 19.6 Å². The highest BCUT2D eigenvalue weighted by Crippen LogP contribution is 2.17. The molecule has 2 rings (SSSR count). The minimum absolute atomic E-state index is 0.514. The molecule has 0 bridgehead atoms. The topological polar surface area (TPSA) is 50.9 Å². The van der Waals surface area contributed by atoms with E-state index in [2.05, 4.69) is 10.1 Å². The van der Waals surface area contributed by atoms with Crippen LogP contribution in [0.2, 0.25) is 5.02 Å². The summed E-state index contributed by atoms with van der Waals surface area (Å²) in [4.78, 5) is 4.00. The molecule has 1 aromatic heterocycles. The molecule has 0 saturated carbocycles. The van der Waals surface area contributed by atoms with Gasteiger partial charge < -0.3 is 5.11 Å². The number of nitrogens with zero attached hydrogens (tertiary/aromatic N) is 3. The van der Waals surface area contributed by atoms with E-state index in [9.17, 15) is 5.11 Å².